The van der Waals surface area contributed by atoms with Crippen LogP contribution in [0.2, 0.25) is 0 Å². The molecule has 0 saturated carbocycles. The summed E-state index contributed by atoms with van der Waals surface area (Å²) < 4.78 is 33.2. The van der Waals surface area contributed by atoms with Gasteiger partial charge in [-0.2, -0.15) is 0 Å². The Morgan fingerprint density at radius 1 is 0.528 bits per heavy atom. The minimum Gasteiger partial charge on any atom is -0.455 e. The van der Waals surface area contributed by atoms with Gasteiger partial charge in [0.05, 0.1) is 9.79 Å². The highest BCUT2D eigenvalue weighted by Crippen LogP contribution is 2.43. The molecule has 0 bridgehead atoms. The number of fused-ring (bicyclic) bond motifs is 7. The first-order chi connectivity index (χ1) is 17.6. The average Bonchev–Trinajstić information content (AvgIpc) is 3.34. The normalized spacial score (nSPS) is 12.1. The topological polar surface area (TPSA) is 47.3 Å². The number of hydrogen-bond acceptors (Lipinski definition) is 3. The standard InChI is InChI=1S/C32H20O3S/c33-36(34,24-12-2-1-3-13-24)25-14-8-11-22(19-25)28-20-23-10-5-7-16-27(23)31-30-26-15-6-4-9-21(26)17-18-29(30)35-32(28)31/h1-20H. The maximum Gasteiger partial charge on any atom is 0.206 e. The van der Waals surface area contributed by atoms with E-state index in [0.29, 0.717) is 0 Å². The van der Waals surface area contributed by atoms with E-state index in [1.54, 1.807) is 42.5 Å². The Balaban J connectivity index is 1.56. The Bertz CT molecular complexity index is 2050. The van der Waals surface area contributed by atoms with E-state index < -0.39 is 9.84 Å². The van der Waals surface area contributed by atoms with Crippen LogP contribution in [0.1, 0.15) is 0 Å². The van der Waals surface area contributed by atoms with Crippen LogP contribution in [0.25, 0.3) is 54.6 Å². The Morgan fingerprint density at radius 2 is 1.19 bits per heavy atom. The van der Waals surface area contributed by atoms with Gasteiger partial charge in [-0.05, 0) is 63.5 Å². The smallest absolute Gasteiger partial charge is 0.206 e. The molecule has 7 aromatic rings. The van der Waals surface area contributed by atoms with Gasteiger partial charge in [0.25, 0.3) is 0 Å². The first kappa shape index (κ1) is 20.9. The zero-order valence-corrected chi connectivity index (χ0v) is 20.0. The van der Waals surface area contributed by atoms with Crippen molar-refractivity contribution in [2.24, 2.45) is 0 Å². The van der Waals surface area contributed by atoms with Gasteiger partial charge in [0.2, 0.25) is 9.84 Å². The molecular formula is C32H20O3S. The van der Waals surface area contributed by atoms with Crippen molar-refractivity contribution >= 4 is 53.3 Å². The van der Waals surface area contributed by atoms with E-state index in [0.717, 1.165) is 54.6 Å². The molecule has 4 heteroatoms. The van der Waals surface area contributed by atoms with E-state index in [1.165, 1.54) is 0 Å². The summed E-state index contributed by atoms with van der Waals surface area (Å²) in [7, 11) is -3.65. The van der Waals surface area contributed by atoms with Crippen LogP contribution in [0, 0.1) is 0 Å². The van der Waals surface area contributed by atoms with Crippen molar-refractivity contribution in [2.45, 2.75) is 9.79 Å². The van der Waals surface area contributed by atoms with Gasteiger partial charge < -0.3 is 4.42 Å². The third kappa shape index (κ3) is 3.08. The predicted molar refractivity (Wildman–Crippen MR) is 146 cm³/mol. The molecule has 0 aliphatic rings. The number of rotatable bonds is 3. The molecule has 0 spiro atoms. The molecular weight excluding hydrogens is 464 g/mol. The molecule has 0 N–H and O–H groups in total. The van der Waals surface area contributed by atoms with Crippen molar-refractivity contribution in [3.63, 3.8) is 0 Å². The van der Waals surface area contributed by atoms with Crippen LogP contribution in [-0.2, 0) is 9.84 Å². The molecule has 1 aromatic heterocycles. The fourth-order valence-electron chi connectivity index (χ4n) is 5.17. The van der Waals surface area contributed by atoms with Gasteiger partial charge in [-0.15, -0.1) is 0 Å². The monoisotopic (exact) mass is 484 g/mol. The van der Waals surface area contributed by atoms with E-state index in [2.05, 4.69) is 36.4 Å². The van der Waals surface area contributed by atoms with Crippen molar-refractivity contribution in [2.75, 3.05) is 0 Å². The summed E-state index contributed by atoms with van der Waals surface area (Å²) in [5.74, 6) is 0. The number of benzene rings is 6. The van der Waals surface area contributed by atoms with Crippen LogP contribution < -0.4 is 0 Å². The van der Waals surface area contributed by atoms with Crippen molar-refractivity contribution in [3.8, 4) is 11.1 Å². The number of hydrogen-bond donors (Lipinski definition) is 0. The van der Waals surface area contributed by atoms with Gasteiger partial charge in [0.15, 0.2) is 0 Å². The van der Waals surface area contributed by atoms with Crippen molar-refractivity contribution in [1.29, 1.82) is 0 Å². The van der Waals surface area contributed by atoms with Crippen LogP contribution in [0.5, 0.6) is 0 Å². The van der Waals surface area contributed by atoms with Gasteiger partial charge in [-0.25, -0.2) is 8.42 Å². The SMILES string of the molecule is O=S(=O)(c1ccccc1)c1cccc(-c2cc3ccccc3c3c2oc2ccc4ccccc4c23)c1. The molecule has 3 nitrogen and oxygen atoms in total. The Hall–Kier alpha value is -4.41. The molecule has 6 aromatic carbocycles. The summed E-state index contributed by atoms with van der Waals surface area (Å²) in [5.41, 5.74) is 3.24. The zero-order chi connectivity index (χ0) is 24.3. The van der Waals surface area contributed by atoms with E-state index >= 15 is 0 Å². The maximum atomic E-state index is 13.4. The Kier molecular flexibility index (Phi) is 4.53. The lowest BCUT2D eigenvalue weighted by molar-refractivity contribution is 0.596. The van der Waals surface area contributed by atoms with Gasteiger partial charge >= 0.3 is 0 Å². The average molecular weight is 485 g/mol. The Labute approximate surface area is 208 Å². The van der Waals surface area contributed by atoms with E-state index in [1.807, 2.05) is 42.5 Å². The highest BCUT2D eigenvalue weighted by molar-refractivity contribution is 7.91. The summed E-state index contributed by atoms with van der Waals surface area (Å²) in [4.78, 5) is 0.537. The fourth-order valence-corrected chi connectivity index (χ4v) is 6.50. The van der Waals surface area contributed by atoms with Gasteiger partial charge in [-0.3, -0.25) is 0 Å². The van der Waals surface area contributed by atoms with Crippen LogP contribution in [0.3, 0.4) is 0 Å². The molecule has 0 atom stereocenters. The zero-order valence-electron chi connectivity index (χ0n) is 19.2. The second-order valence-corrected chi connectivity index (χ2v) is 10.9. The quantitative estimate of drug-likeness (QED) is 0.253. The molecule has 0 radical (unpaired) electrons. The minimum atomic E-state index is -3.65. The molecule has 0 fully saturated rings. The van der Waals surface area contributed by atoms with Crippen LogP contribution in [-0.4, -0.2) is 8.42 Å². The summed E-state index contributed by atoms with van der Waals surface area (Å²) in [6.45, 7) is 0. The molecule has 172 valence electrons. The molecule has 0 aliphatic heterocycles. The third-order valence-electron chi connectivity index (χ3n) is 6.86. The first-order valence-corrected chi connectivity index (χ1v) is 13.3. The van der Waals surface area contributed by atoms with Crippen molar-refractivity contribution in [1.82, 2.24) is 0 Å². The van der Waals surface area contributed by atoms with Crippen molar-refractivity contribution < 1.29 is 12.8 Å². The maximum absolute atomic E-state index is 13.4. The molecule has 0 amide bonds. The minimum absolute atomic E-state index is 0.258. The second kappa shape index (κ2) is 7.80. The summed E-state index contributed by atoms with van der Waals surface area (Å²) in [6, 6.07) is 38.5. The lowest BCUT2D eigenvalue weighted by Crippen LogP contribution is -2.01. The highest BCUT2D eigenvalue weighted by atomic mass is 32.2. The largest absolute Gasteiger partial charge is 0.455 e. The van der Waals surface area contributed by atoms with Gasteiger partial charge in [0.1, 0.15) is 11.2 Å². The molecule has 0 saturated heterocycles. The fraction of sp³-hybridized carbons (Fsp3) is 0. The van der Waals surface area contributed by atoms with Crippen LogP contribution in [0.4, 0.5) is 0 Å². The Morgan fingerprint density at radius 3 is 2.00 bits per heavy atom. The van der Waals surface area contributed by atoms with Crippen LogP contribution in [0.15, 0.2) is 136 Å². The number of sulfone groups is 1. The van der Waals surface area contributed by atoms with Crippen LogP contribution >= 0.6 is 0 Å². The van der Waals surface area contributed by atoms with Crippen molar-refractivity contribution in [3.05, 3.63) is 121 Å². The third-order valence-corrected chi connectivity index (χ3v) is 8.63. The van der Waals surface area contributed by atoms with E-state index in [-0.39, 0.29) is 9.79 Å². The summed E-state index contributed by atoms with van der Waals surface area (Å²) in [5, 5.41) is 6.60. The van der Waals surface area contributed by atoms with E-state index in [9.17, 15) is 8.42 Å². The predicted octanol–water partition coefficient (Wildman–Crippen LogP) is 8.39. The van der Waals surface area contributed by atoms with Gasteiger partial charge in [-0.1, -0.05) is 84.9 Å². The van der Waals surface area contributed by atoms with E-state index in [4.69, 9.17) is 4.42 Å². The second-order valence-electron chi connectivity index (χ2n) is 8.96. The first-order valence-electron chi connectivity index (χ1n) is 11.8. The molecule has 7 rings (SSSR count). The van der Waals surface area contributed by atoms with Gasteiger partial charge in [0, 0.05) is 16.3 Å². The lowest BCUT2D eigenvalue weighted by atomic mass is 9.95. The number of furan rings is 1. The molecule has 0 unspecified atom stereocenters. The summed E-state index contributed by atoms with van der Waals surface area (Å²) >= 11 is 0. The summed E-state index contributed by atoms with van der Waals surface area (Å²) in [6.07, 6.45) is 0. The highest BCUT2D eigenvalue weighted by Gasteiger charge is 2.21. The molecule has 36 heavy (non-hydrogen) atoms. The molecule has 1 heterocycles. The molecule has 0 aliphatic carbocycles. The lowest BCUT2D eigenvalue weighted by Gasteiger charge is -2.10.